The number of nitrogen functional groups attached to an aromatic ring is 1. The second-order valence-corrected chi connectivity index (χ2v) is 3.91. The SMILES string of the molecule is CCCCCCc1onc(N)c1Br. The van der Waals surface area contributed by atoms with Crippen molar-refractivity contribution in [2.75, 3.05) is 5.73 Å². The highest BCUT2D eigenvalue weighted by Crippen LogP contribution is 2.24. The predicted molar refractivity (Wildman–Crippen MR) is 56.5 cm³/mol. The minimum absolute atomic E-state index is 0.450. The van der Waals surface area contributed by atoms with E-state index in [1.54, 1.807) is 0 Å². The van der Waals surface area contributed by atoms with Crippen molar-refractivity contribution in [2.45, 2.75) is 39.0 Å². The van der Waals surface area contributed by atoms with Gasteiger partial charge >= 0.3 is 0 Å². The topological polar surface area (TPSA) is 52.0 Å². The van der Waals surface area contributed by atoms with Crippen LogP contribution in [-0.2, 0) is 6.42 Å². The maximum absolute atomic E-state index is 5.52. The van der Waals surface area contributed by atoms with Gasteiger partial charge in [-0.25, -0.2) is 0 Å². The molecule has 0 aliphatic heterocycles. The van der Waals surface area contributed by atoms with E-state index in [0.717, 1.165) is 23.1 Å². The molecule has 0 saturated heterocycles. The van der Waals surface area contributed by atoms with Crippen LogP contribution in [-0.4, -0.2) is 5.16 Å². The van der Waals surface area contributed by atoms with E-state index in [0.29, 0.717) is 5.82 Å². The molecule has 0 amide bonds. The normalized spacial score (nSPS) is 10.6. The molecule has 1 heterocycles. The summed E-state index contributed by atoms with van der Waals surface area (Å²) >= 11 is 3.34. The summed E-state index contributed by atoms with van der Waals surface area (Å²) in [6.07, 6.45) is 5.83. The zero-order chi connectivity index (χ0) is 9.68. The second kappa shape index (κ2) is 5.27. The maximum Gasteiger partial charge on any atom is 0.181 e. The summed E-state index contributed by atoms with van der Waals surface area (Å²) in [7, 11) is 0. The van der Waals surface area contributed by atoms with E-state index in [1.165, 1.54) is 19.3 Å². The average Bonchev–Trinajstić information content (AvgIpc) is 2.43. The molecule has 2 N–H and O–H groups in total. The van der Waals surface area contributed by atoms with E-state index in [2.05, 4.69) is 28.0 Å². The zero-order valence-corrected chi connectivity index (χ0v) is 9.43. The van der Waals surface area contributed by atoms with E-state index in [-0.39, 0.29) is 0 Å². The van der Waals surface area contributed by atoms with Crippen LogP contribution in [0.5, 0.6) is 0 Å². The molecule has 1 aromatic rings. The smallest absolute Gasteiger partial charge is 0.181 e. The Labute approximate surface area is 86.8 Å². The quantitative estimate of drug-likeness (QED) is 0.813. The zero-order valence-electron chi connectivity index (χ0n) is 7.85. The Kier molecular flexibility index (Phi) is 4.28. The van der Waals surface area contributed by atoms with Crippen LogP contribution >= 0.6 is 15.9 Å². The summed E-state index contributed by atoms with van der Waals surface area (Å²) in [6.45, 7) is 2.20. The van der Waals surface area contributed by atoms with Gasteiger partial charge in [-0.2, -0.15) is 0 Å². The van der Waals surface area contributed by atoms with Crippen LogP contribution in [0, 0.1) is 0 Å². The van der Waals surface area contributed by atoms with E-state index >= 15 is 0 Å². The van der Waals surface area contributed by atoms with Crippen LogP contribution in [0.4, 0.5) is 5.82 Å². The van der Waals surface area contributed by atoms with Gasteiger partial charge in [-0.3, -0.25) is 0 Å². The second-order valence-electron chi connectivity index (χ2n) is 3.12. The highest BCUT2D eigenvalue weighted by molar-refractivity contribution is 9.10. The Bertz CT molecular complexity index is 260. The van der Waals surface area contributed by atoms with Gasteiger partial charge in [0.15, 0.2) is 11.6 Å². The Morgan fingerprint density at radius 3 is 2.69 bits per heavy atom. The van der Waals surface area contributed by atoms with Crippen LogP contribution in [0.3, 0.4) is 0 Å². The molecule has 3 nitrogen and oxygen atoms in total. The summed E-state index contributed by atoms with van der Waals surface area (Å²) in [4.78, 5) is 0. The Hall–Kier alpha value is -0.510. The molecule has 0 spiro atoms. The largest absolute Gasteiger partial charge is 0.380 e. The molecule has 13 heavy (non-hydrogen) atoms. The third kappa shape index (κ3) is 3.03. The van der Waals surface area contributed by atoms with Crippen LogP contribution in [0.15, 0.2) is 9.00 Å². The van der Waals surface area contributed by atoms with Crippen molar-refractivity contribution in [2.24, 2.45) is 0 Å². The fraction of sp³-hybridized carbons (Fsp3) is 0.667. The standard InChI is InChI=1S/C9H15BrN2O/c1-2-3-4-5-6-7-8(10)9(11)12-13-7/h2-6H2,1H3,(H2,11,12). The van der Waals surface area contributed by atoms with Crippen molar-refractivity contribution >= 4 is 21.7 Å². The Morgan fingerprint density at radius 2 is 2.15 bits per heavy atom. The van der Waals surface area contributed by atoms with Crippen molar-refractivity contribution in [1.82, 2.24) is 5.16 Å². The van der Waals surface area contributed by atoms with Crippen molar-refractivity contribution in [3.05, 3.63) is 10.2 Å². The lowest BCUT2D eigenvalue weighted by atomic mass is 10.1. The highest BCUT2D eigenvalue weighted by Gasteiger charge is 2.09. The van der Waals surface area contributed by atoms with Gasteiger partial charge in [0, 0.05) is 6.42 Å². The lowest BCUT2D eigenvalue weighted by molar-refractivity contribution is 0.380. The van der Waals surface area contributed by atoms with Crippen LogP contribution in [0.1, 0.15) is 38.4 Å². The first-order chi connectivity index (χ1) is 6.25. The monoisotopic (exact) mass is 246 g/mol. The number of rotatable bonds is 5. The van der Waals surface area contributed by atoms with Gasteiger partial charge in [-0.15, -0.1) is 0 Å². The molecule has 0 saturated carbocycles. The van der Waals surface area contributed by atoms with Crippen molar-refractivity contribution in [3.8, 4) is 0 Å². The molecule has 4 heteroatoms. The molecule has 0 aliphatic rings. The Balaban J connectivity index is 2.32. The first-order valence-corrected chi connectivity index (χ1v) is 5.44. The minimum atomic E-state index is 0.450. The first-order valence-electron chi connectivity index (χ1n) is 4.65. The van der Waals surface area contributed by atoms with Crippen LogP contribution < -0.4 is 5.73 Å². The van der Waals surface area contributed by atoms with E-state index in [9.17, 15) is 0 Å². The number of nitrogens with two attached hydrogens (primary N) is 1. The predicted octanol–water partition coefficient (Wildman–Crippen LogP) is 3.14. The molecule has 1 rings (SSSR count). The molecule has 0 unspecified atom stereocenters. The van der Waals surface area contributed by atoms with E-state index < -0.39 is 0 Å². The van der Waals surface area contributed by atoms with Crippen molar-refractivity contribution < 1.29 is 4.52 Å². The molecular formula is C9H15BrN2O. The molecule has 0 radical (unpaired) electrons. The summed E-state index contributed by atoms with van der Waals surface area (Å²) < 4.78 is 5.88. The number of nitrogens with zero attached hydrogens (tertiary/aromatic N) is 1. The fourth-order valence-corrected chi connectivity index (χ4v) is 1.54. The summed E-state index contributed by atoms with van der Waals surface area (Å²) in [6, 6.07) is 0. The van der Waals surface area contributed by atoms with Gasteiger partial charge in [0.25, 0.3) is 0 Å². The van der Waals surface area contributed by atoms with Gasteiger partial charge in [0.2, 0.25) is 0 Å². The maximum atomic E-state index is 5.52. The summed E-state index contributed by atoms with van der Waals surface area (Å²) in [5, 5.41) is 3.67. The van der Waals surface area contributed by atoms with Gasteiger partial charge in [0.05, 0.1) is 0 Å². The minimum Gasteiger partial charge on any atom is -0.380 e. The summed E-state index contributed by atoms with van der Waals surface area (Å²) in [5.41, 5.74) is 5.52. The van der Waals surface area contributed by atoms with Crippen LogP contribution in [0.25, 0.3) is 0 Å². The molecule has 0 atom stereocenters. The summed E-state index contributed by atoms with van der Waals surface area (Å²) in [5.74, 6) is 1.32. The average molecular weight is 247 g/mol. The van der Waals surface area contributed by atoms with E-state index in [1.807, 2.05) is 0 Å². The molecular weight excluding hydrogens is 232 g/mol. The Morgan fingerprint density at radius 1 is 1.38 bits per heavy atom. The third-order valence-electron chi connectivity index (χ3n) is 1.98. The highest BCUT2D eigenvalue weighted by atomic mass is 79.9. The number of aryl methyl sites for hydroxylation is 1. The van der Waals surface area contributed by atoms with Crippen LogP contribution in [0.2, 0.25) is 0 Å². The molecule has 0 aromatic carbocycles. The molecule has 0 bridgehead atoms. The number of hydrogen-bond acceptors (Lipinski definition) is 3. The lowest BCUT2D eigenvalue weighted by Crippen LogP contribution is -1.86. The molecule has 74 valence electrons. The lowest BCUT2D eigenvalue weighted by Gasteiger charge is -1.96. The third-order valence-corrected chi connectivity index (χ3v) is 2.83. The molecule has 0 fully saturated rings. The van der Waals surface area contributed by atoms with Gasteiger partial charge in [-0.1, -0.05) is 31.3 Å². The molecule has 0 aliphatic carbocycles. The number of unbranched alkanes of at least 4 members (excludes halogenated alkanes) is 3. The molecule has 1 aromatic heterocycles. The van der Waals surface area contributed by atoms with Gasteiger partial charge in [0.1, 0.15) is 4.47 Å². The number of aromatic nitrogens is 1. The number of hydrogen-bond donors (Lipinski definition) is 1. The van der Waals surface area contributed by atoms with E-state index in [4.69, 9.17) is 10.3 Å². The van der Waals surface area contributed by atoms with Crippen molar-refractivity contribution in [3.63, 3.8) is 0 Å². The number of anilines is 1. The van der Waals surface area contributed by atoms with Gasteiger partial charge < -0.3 is 10.3 Å². The first kappa shape index (κ1) is 10.6. The van der Waals surface area contributed by atoms with Gasteiger partial charge in [-0.05, 0) is 22.4 Å². The number of halogens is 1. The fourth-order valence-electron chi connectivity index (χ4n) is 1.19. The van der Waals surface area contributed by atoms with Crippen molar-refractivity contribution in [1.29, 1.82) is 0 Å².